The number of fused-ring (bicyclic) bond motifs is 1. The van der Waals surface area contributed by atoms with Crippen LogP contribution >= 0.6 is 0 Å². The lowest BCUT2D eigenvalue weighted by atomic mass is 10.0. The first-order chi connectivity index (χ1) is 11.6. The summed E-state index contributed by atoms with van der Waals surface area (Å²) < 4.78 is 0. The number of hydrogen-bond donors (Lipinski definition) is 1. The normalized spacial score (nSPS) is 13.8. The van der Waals surface area contributed by atoms with Crippen LogP contribution in [-0.4, -0.2) is 23.3 Å². The number of allylic oxidation sites excluding steroid dienone is 2. The zero-order chi connectivity index (χ0) is 17.1. The Labute approximate surface area is 141 Å². The third kappa shape index (κ3) is 3.13. The molecule has 0 radical (unpaired) electrons. The first-order valence-corrected chi connectivity index (χ1v) is 7.67. The highest BCUT2D eigenvalue weighted by molar-refractivity contribution is 6.09. The summed E-state index contributed by atoms with van der Waals surface area (Å²) in [6, 6.07) is 14.9. The molecule has 0 spiro atoms. The Morgan fingerprint density at radius 3 is 2.62 bits per heavy atom. The Bertz CT molecular complexity index is 825. The molecule has 0 bridgehead atoms. The molecule has 4 nitrogen and oxygen atoms in total. The molecule has 1 heterocycles. The standard InChI is InChI=1S/C20H18N2O2/c1-3-14(2)16-9-10-18-17(11-16)20(24)22(13-19(23)21-18)12-15-7-5-4-6-8-15/h3-11H,1-2,12-13H2,(H,21,23). The van der Waals surface area contributed by atoms with E-state index in [1.807, 2.05) is 36.4 Å². The van der Waals surface area contributed by atoms with Crippen molar-refractivity contribution >= 4 is 23.1 Å². The number of carbonyl (C=O) groups excluding carboxylic acids is 2. The number of anilines is 1. The van der Waals surface area contributed by atoms with Crippen LogP contribution in [0.3, 0.4) is 0 Å². The van der Waals surface area contributed by atoms with Crippen molar-refractivity contribution in [2.24, 2.45) is 0 Å². The van der Waals surface area contributed by atoms with Crippen molar-refractivity contribution < 1.29 is 9.59 Å². The van der Waals surface area contributed by atoms with Crippen molar-refractivity contribution in [3.8, 4) is 0 Å². The van der Waals surface area contributed by atoms with E-state index in [0.29, 0.717) is 17.8 Å². The second-order valence-electron chi connectivity index (χ2n) is 5.68. The molecule has 0 fully saturated rings. The van der Waals surface area contributed by atoms with E-state index in [1.54, 1.807) is 23.1 Å². The summed E-state index contributed by atoms with van der Waals surface area (Å²) in [5.74, 6) is -0.376. The number of benzene rings is 2. The lowest BCUT2D eigenvalue weighted by molar-refractivity contribution is -0.116. The number of hydrogen-bond acceptors (Lipinski definition) is 2. The first-order valence-electron chi connectivity index (χ1n) is 7.67. The maximum absolute atomic E-state index is 12.9. The molecule has 0 aliphatic carbocycles. The van der Waals surface area contributed by atoms with Crippen molar-refractivity contribution in [1.82, 2.24) is 4.90 Å². The molecule has 3 rings (SSSR count). The molecule has 1 N–H and O–H groups in total. The summed E-state index contributed by atoms with van der Waals surface area (Å²) >= 11 is 0. The third-order valence-electron chi connectivity index (χ3n) is 3.98. The van der Waals surface area contributed by atoms with Crippen LogP contribution < -0.4 is 5.32 Å². The largest absolute Gasteiger partial charge is 0.325 e. The first kappa shape index (κ1) is 15.7. The Balaban J connectivity index is 1.97. The summed E-state index contributed by atoms with van der Waals surface area (Å²) in [7, 11) is 0. The van der Waals surface area contributed by atoms with Crippen molar-refractivity contribution in [3.05, 3.63) is 84.5 Å². The highest BCUT2D eigenvalue weighted by atomic mass is 16.2. The van der Waals surface area contributed by atoms with Gasteiger partial charge in [-0.15, -0.1) is 0 Å². The smallest absolute Gasteiger partial charge is 0.256 e. The molecule has 1 aliphatic rings. The molecular weight excluding hydrogens is 300 g/mol. The van der Waals surface area contributed by atoms with Crippen LogP contribution in [0.5, 0.6) is 0 Å². The lowest BCUT2D eigenvalue weighted by Crippen LogP contribution is -2.34. The van der Waals surface area contributed by atoms with Gasteiger partial charge in [-0.25, -0.2) is 0 Å². The molecule has 2 aromatic carbocycles. The molecule has 0 saturated carbocycles. The van der Waals surface area contributed by atoms with Gasteiger partial charge in [0, 0.05) is 6.54 Å². The van der Waals surface area contributed by atoms with Gasteiger partial charge in [0.2, 0.25) is 5.91 Å². The van der Waals surface area contributed by atoms with Gasteiger partial charge in [0.1, 0.15) is 6.54 Å². The molecule has 24 heavy (non-hydrogen) atoms. The van der Waals surface area contributed by atoms with E-state index in [2.05, 4.69) is 18.5 Å². The van der Waals surface area contributed by atoms with Crippen LogP contribution in [0.4, 0.5) is 5.69 Å². The van der Waals surface area contributed by atoms with E-state index in [9.17, 15) is 9.59 Å². The molecule has 2 aromatic rings. The highest BCUT2D eigenvalue weighted by Crippen LogP contribution is 2.26. The number of nitrogens with one attached hydrogen (secondary N) is 1. The van der Waals surface area contributed by atoms with E-state index in [1.165, 1.54) is 0 Å². The second kappa shape index (κ2) is 6.54. The predicted molar refractivity (Wildman–Crippen MR) is 95.5 cm³/mol. The number of rotatable bonds is 4. The fraction of sp³-hybridized carbons (Fsp3) is 0.100. The molecule has 0 unspecified atom stereocenters. The van der Waals surface area contributed by atoms with E-state index < -0.39 is 0 Å². The third-order valence-corrected chi connectivity index (χ3v) is 3.98. The number of nitrogens with zero attached hydrogens (tertiary/aromatic N) is 1. The Kier molecular flexibility index (Phi) is 4.29. The summed E-state index contributed by atoms with van der Waals surface area (Å²) in [5, 5.41) is 2.80. The van der Waals surface area contributed by atoms with Gasteiger partial charge in [0.05, 0.1) is 11.3 Å². The van der Waals surface area contributed by atoms with Crippen LogP contribution in [0.2, 0.25) is 0 Å². The lowest BCUT2D eigenvalue weighted by Gasteiger charge is -2.20. The number of carbonyl (C=O) groups is 2. The van der Waals surface area contributed by atoms with Gasteiger partial charge in [0.15, 0.2) is 0 Å². The average molecular weight is 318 g/mol. The molecule has 0 aromatic heterocycles. The fourth-order valence-electron chi connectivity index (χ4n) is 2.68. The topological polar surface area (TPSA) is 49.4 Å². The zero-order valence-electron chi connectivity index (χ0n) is 13.3. The van der Waals surface area contributed by atoms with Crippen LogP contribution in [-0.2, 0) is 11.3 Å². The maximum atomic E-state index is 12.9. The van der Waals surface area contributed by atoms with E-state index >= 15 is 0 Å². The van der Waals surface area contributed by atoms with Gasteiger partial charge in [-0.3, -0.25) is 9.59 Å². The Morgan fingerprint density at radius 1 is 1.17 bits per heavy atom. The summed E-state index contributed by atoms with van der Waals surface area (Å²) in [6.07, 6.45) is 1.64. The number of amides is 2. The molecule has 0 saturated heterocycles. The van der Waals surface area contributed by atoms with Crippen molar-refractivity contribution in [2.45, 2.75) is 6.54 Å². The van der Waals surface area contributed by atoms with Gasteiger partial charge < -0.3 is 10.2 Å². The SMILES string of the molecule is C=CC(=C)c1ccc2c(c1)C(=O)N(Cc1ccccc1)CC(=O)N2. The minimum absolute atomic E-state index is 0.0279. The van der Waals surface area contributed by atoms with E-state index in [4.69, 9.17) is 0 Å². The highest BCUT2D eigenvalue weighted by Gasteiger charge is 2.26. The average Bonchev–Trinajstić information content (AvgIpc) is 2.71. The molecule has 120 valence electrons. The van der Waals surface area contributed by atoms with Crippen molar-refractivity contribution in [1.29, 1.82) is 0 Å². The minimum atomic E-state index is -0.201. The van der Waals surface area contributed by atoms with Gasteiger partial charge in [0.25, 0.3) is 5.91 Å². The molecule has 0 atom stereocenters. The van der Waals surface area contributed by atoms with Crippen molar-refractivity contribution in [2.75, 3.05) is 11.9 Å². The van der Waals surface area contributed by atoms with E-state index in [0.717, 1.165) is 16.7 Å². The molecular formula is C20H18N2O2. The Morgan fingerprint density at radius 2 is 1.92 bits per heavy atom. The van der Waals surface area contributed by atoms with Crippen molar-refractivity contribution in [3.63, 3.8) is 0 Å². The summed E-state index contributed by atoms with van der Waals surface area (Å²) in [5.41, 5.74) is 3.52. The zero-order valence-corrected chi connectivity index (χ0v) is 13.3. The fourth-order valence-corrected chi connectivity index (χ4v) is 2.68. The Hall–Kier alpha value is -3.14. The summed E-state index contributed by atoms with van der Waals surface area (Å²) in [4.78, 5) is 26.6. The summed E-state index contributed by atoms with van der Waals surface area (Å²) in [6.45, 7) is 8.03. The molecule has 1 aliphatic heterocycles. The van der Waals surface area contributed by atoms with Gasteiger partial charge in [-0.05, 0) is 28.8 Å². The van der Waals surface area contributed by atoms with Crippen LogP contribution in [0.1, 0.15) is 21.5 Å². The minimum Gasteiger partial charge on any atom is -0.325 e. The van der Waals surface area contributed by atoms with Crippen LogP contribution in [0, 0.1) is 0 Å². The van der Waals surface area contributed by atoms with Crippen LogP contribution in [0.15, 0.2) is 67.8 Å². The molecule has 4 heteroatoms. The second-order valence-corrected chi connectivity index (χ2v) is 5.68. The molecule has 2 amide bonds. The quantitative estimate of drug-likeness (QED) is 0.877. The van der Waals surface area contributed by atoms with Gasteiger partial charge in [-0.2, -0.15) is 0 Å². The van der Waals surface area contributed by atoms with Gasteiger partial charge >= 0.3 is 0 Å². The van der Waals surface area contributed by atoms with Crippen LogP contribution in [0.25, 0.3) is 5.57 Å². The predicted octanol–water partition coefficient (Wildman–Crippen LogP) is 3.48. The maximum Gasteiger partial charge on any atom is 0.256 e. The van der Waals surface area contributed by atoms with Gasteiger partial charge in [-0.1, -0.05) is 55.6 Å². The van der Waals surface area contributed by atoms with E-state index in [-0.39, 0.29) is 18.4 Å². The monoisotopic (exact) mass is 318 g/mol.